The molecule has 1 unspecified atom stereocenters. The van der Waals surface area contributed by atoms with Crippen molar-refractivity contribution in [1.82, 2.24) is 4.90 Å². The Morgan fingerprint density at radius 3 is 2.21 bits per heavy atom. The molecule has 1 heterocycles. The zero-order valence-electron chi connectivity index (χ0n) is 19.4. The molecule has 9 heteroatoms. The molecule has 1 aliphatic heterocycles. The Kier molecular flexibility index (Phi) is 7.48. The monoisotopic (exact) mass is 468 g/mol. The smallest absolute Gasteiger partial charge is 0.295 e. The quantitative estimate of drug-likeness (QED) is 0.152. The minimum atomic E-state index is -0.859. The van der Waals surface area contributed by atoms with E-state index in [9.17, 15) is 24.8 Å². The highest BCUT2D eigenvalue weighted by Gasteiger charge is 2.46. The molecule has 180 valence electrons. The molecule has 0 bridgehead atoms. The molecule has 34 heavy (non-hydrogen) atoms. The second kappa shape index (κ2) is 10.1. The lowest BCUT2D eigenvalue weighted by Crippen LogP contribution is -2.33. The van der Waals surface area contributed by atoms with Crippen LogP contribution in [0, 0.1) is 10.1 Å². The maximum absolute atomic E-state index is 13.0. The SMILES string of the molecule is CC(C)(C)c1ccc(C2/C(=C(\O)c3ccc([N+](=O)[O-])cc3)C(=O)C(=O)N2CCOCCO)cc1. The first kappa shape index (κ1) is 25.1. The fourth-order valence-corrected chi connectivity index (χ4v) is 3.85. The molecule has 1 atom stereocenters. The summed E-state index contributed by atoms with van der Waals surface area (Å²) >= 11 is 0. The third kappa shape index (κ3) is 5.16. The summed E-state index contributed by atoms with van der Waals surface area (Å²) in [6.07, 6.45) is 0. The van der Waals surface area contributed by atoms with Crippen LogP contribution in [0.5, 0.6) is 0 Å². The summed E-state index contributed by atoms with van der Waals surface area (Å²) in [5, 5.41) is 30.9. The van der Waals surface area contributed by atoms with Gasteiger partial charge in [-0.15, -0.1) is 0 Å². The Hall–Kier alpha value is -3.56. The molecule has 0 radical (unpaired) electrons. The van der Waals surface area contributed by atoms with Gasteiger partial charge in [0.25, 0.3) is 17.4 Å². The number of nitrogens with zero attached hydrogens (tertiary/aromatic N) is 2. The second-order valence-corrected chi connectivity index (χ2v) is 9.00. The summed E-state index contributed by atoms with van der Waals surface area (Å²) < 4.78 is 5.29. The number of amides is 1. The van der Waals surface area contributed by atoms with Crippen LogP contribution in [0.4, 0.5) is 5.69 Å². The van der Waals surface area contributed by atoms with Crippen molar-refractivity contribution in [3.05, 3.63) is 80.9 Å². The van der Waals surface area contributed by atoms with E-state index in [-0.39, 0.29) is 48.6 Å². The number of carbonyl (C=O) groups is 2. The molecule has 3 rings (SSSR count). The summed E-state index contributed by atoms with van der Waals surface area (Å²) in [5.41, 5.74) is 1.54. The number of rotatable bonds is 8. The van der Waals surface area contributed by atoms with Crippen LogP contribution in [0.1, 0.15) is 43.5 Å². The zero-order valence-corrected chi connectivity index (χ0v) is 19.4. The van der Waals surface area contributed by atoms with E-state index in [4.69, 9.17) is 9.84 Å². The third-order valence-corrected chi connectivity index (χ3v) is 5.70. The van der Waals surface area contributed by atoms with Gasteiger partial charge in [-0.2, -0.15) is 0 Å². The predicted molar refractivity (Wildman–Crippen MR) is 125 cm³/mol. The Morgan fingerprint density at radius 2 is 1.68 bits per heavy atom. The lowest BCUT2D eigenvalue weighted by molar-refractivity contribution is -0.384. The maximum Gasteiger partial charge on any atom is 0.295 e. The van der Waals surface area contributed by atoms with Gasteiger partial charge >= 0.3 is 0 Å². The van der Waals surface area contributed by atoms with Crippen molar-refractivity contribution in [3.8, 4) is 0 Å². The van der Waals surface area contributed by atoms with Crippen LogP contribution < -0.4 is 0 Å². The van der Waals surface area contributed by atoms with Crippen molar-refractivity contribution in [2.24, 2.45) is 0 Å². The molecule has 0 aliphatic carbocycles. The van der Waals surface area contributed by atoms with Crippen LogP contribution in [0.15, 0.2) is 54.1 Å². The summed E-state index contributed by atoms with van der Waals surface area (Å²) in [6.45, 7) is 6.31. The fraction of sp³-hybridized carbons (Fsp3) is 0.360. The van der Waals surface area contributed by atoms with Crippen LogP contribution in [0.3, 0.4) is 0 Å². The number of nitro groups is 1. The number of likely N-dealkylation sites (tertiary alicyclic amines) is 1. The molecule has 1 aliphatic rings. The van der Waals surface area contributed by atoms with Gasteiger partial charge in [0.1, 0.15) is 5.76 Å². The Morgan fingerprint density at radius 1 is 1.06 bits per heavy atom. The minimum absolute atomic E-state index is 0.0767. The first-order valence-corrected chi connectivity index (χ1v) is 10.9. The number of ketones is 1. The van der Waals surface area contributed by atoms with E-state index in [0.29, 0.717) is 5.56 Å². The second-order valence-electron chi connectivity index (χ2n) is 9.00. The van der Waals surface area contributed by atoms with Gasteiger partial charge in [0.15, 0.2) is 0 Å². The van der Waals surface area contributed by atoms with Gasteiger partial charge in [-0.3, -0.25) is 19.7 Å². The van der Waals surface area contributed by atoms with Crippen LogP contribution in [-0.2, 0) is 19.7 Å². The van der Waals surface area contributed by atoms with Gasteiger partial charge in [0.05, 0.1) is 36.4 Å². The van der Waals surface area contributed by atoms with Crippen LogP contribution >= 0.6 is 0 Å². The van der Waals surface area contributed by atoms with Gasteiger partial charge in [-0.25, -0.2) is 0 Å². The summed E-state index contributed by atoms with van der Waals surface area (Å²) in [6, 6.07) is 11.7. The highest BCUT2D eigenvalue weighted by atomic mass is 16.6. The number of nitro benzene ring substituents is 1. The van der Waals surface area contributed by atoms with Crippen molar-refractivity contribution < 1.29 is 29.5 Å². The molecule has 1 saturated heterocycles. The van der Waals surface area contributed by atoms with Gasteiger partial charge in [-0.05, 0) is 28.7 Å². The number of aliphatic hydroxyl groups excluding tert-OH is 2. The normalized spacial score (nSPS) is 17.9. The van der Waals surface area contributed by atoms with Crippen LogP contribution in [-0.4, -0.2) is 58.1 Å². The molecular formula is C25H28N2O7. The summed E-state index contributed by atoms with van der Waals surface area (Å²) in [4.78, 5) is 37.6. The van der Waals surface area contributed by atoms with Crippen LogP contribution in [0.25, 0.3) is 5.76 Å². The third-order valence-electron chi connectivity index (χ3n) is 5.70. The van der Waals surface area contributed by atoms with Crippen molar-refractivity contribution in [3.63, 3.8) is 0 Å². The topological polar surface area (TPSA) is 130 Å². The minimum Gasteiger partial charge on any atom is -0.507 e. The fourth-order valence-electron chi connectivity index (χ4n) is 3.85. The standard InChI is InChI=1S/C25H28N2O7/c1-25(2,3)18-8-4-16(5-9-18)21-20(22(29)17-6-10-19(11-7-17)27(32)33)23(30)24(31)26(21)12-14-34-15-13-28/h4-11,21,28-29H,12-15H2,1-3H3/b22-20+. The largest absolute Gasteiger partial charge is 0.507 e. The van der Waals surface area contributed by atoms with E-state index < -0.39 is 28.4 Å². The number of non-ortho nitro benzene ring substituents is 1. The lowest BCUT2D eigenvalue weighted by atomic mass is 9.85. The Balaban J connectivity index is 2.07. The molecule has 2 aromatic rings. The first-order valence-electron chi connectivity index (χ1n) is 10.9. The number of hydrogen-bond acceptors (Lipinski definition) is 7. The molecule has 9 nitrogen and oxygen atoms in total. The first-order chi connectivity index (χ1) is 16.1. The Bertz CT molecular complexity index is 1100. The van der Waals surface area contributed by atoms with Crippen molar-refractivity contribution >= 4 is 23.1 Å². The summed E-state index contributed by atoms with van der Waals surface area (Å²) in [5.74, 6) is -2.03. The molecule has 2 aromatic carbocycles. The van der Waals surface area contributed by atoms with E-state index in [1.807, 2.05) is 24.3 Å². The average Bonchev–Trinajstić information content (AvgIpc) is 3.06. The van der Waals surface area contributed by atoms with E-state index >= 15 is 0 Å². The molecule has 0 aromatic heterocycles. The Labute approximate surface area is 197 Å². The van der Waals surface area contributed by atoms with E-state index in [1.54, 1.807) is 0 Å². The number of aliphatic hydroxyl groups is 2. The van der Waals surface area contributed by atoms with E-state index in [0.717, 1.165) is 5.56 Å². The van der Waals surface area contributed by atoms with Gasteiger partial charge < -0.3 is 19.8 Å². The highest BCUT2D eigenvalue weighted by Crippen LogP contribution is 2.40. The number of ether oxygens (including phenoxy) is 1. The van der Waals surface area contributed by atoms with E-state index in [2.05, 4.69) is 20.8 Å². The van der Waals surface area contributed by atoms with Crippen molar-refractivity contribution in [1.29, 1.82) is 0 Å². The molecule has 0 saturated carbocycles. The maximum atomic E-state index is 13.0. The molecular weight excluding hydrogens is 440 g/mol. The number of hydrogen-bond donors (Lipinski definition) is 2. The summed E-state index contributed by atoms with van der Waals surface area (Å²) in [7, 11) is 0. The van der Waals surface area contributed by atoms with Crippen molar-refractivity contribution in [2.75, 3.05) is 26.4 Å². The van der Waals surface area contributed by atoms with Gasteiger partial charge in [0, 0.05) is 24.2 Å². The lowest BCUT2D eigenvalue weighted by Gasteiger charge is -2.26. The molecule has 1 fully saturated rings. The number of Topliss-reactive ketones (excluding diaryl/α,β-unsaturated/α-hetero) is 1. The van der Waals surface area contributed by atoms with Crippen molar-refractivity contribution in [2.45, 2.75) is 32.2 Å². The number of benzene rings is 2. The highest BCUT2D eigenvalue weighted by molar-refractivity contribution is 6.46. The molecule has 2 N–H and O–H groups in total. The number of carbonyl (C=O) groups excluding carboxylic acids is 2. The van der Waals surface area contributed by atoms with Gasteiger partial charge in [0.2, 0.25) is 0 Å². The predicted octanol–water partition coefficient (Wildman–Crippen LogP) is 3.32. The van der Waals surface area contributed by atoms with Crippen LogP contribution in [0.2, 0.25) is 0 Å². The average molecular weight is 469 g/mol. The van der Waals surface area contributed by atoms with Gasteiger partial charge in [-0.1, -0.05) is 45.0 Å². The zero-order chi connectivity index (χ0) is 25.0. The van der Waals surface area contributed by atoms with E-state index in [1.165, 1.54) is 29.2 Å². The molecule has 1 amide bonds. The molecule has 0 spiro atoms.